The van der Waals surface area contributed by atoms with E-state index in [1.807, 2.05) is 0 Å². The van der Waals surface area contributed by atoms with Crippen LogP contribution in [-0.4, -0.2) is 53.8 Å². The summed E-state index contributed by atoms with van der Waals surface area (Å²) in [5.41, 5.74) is 0. The Morgan fingerprint density at radius 1 is 0.750 bits per heavy atom. The average Bonchev–Trinajstić information content (AvgIpc) is 3.14. The largest absolute Gasteiger partial charge is 0.300 e. The van der Waals surface area contributed by atoms with Gasteiger partial charge < -0.3 is 0 Å². The van der Waals surface area contributed by atoms with Crippen LogP contribution in [0, 0.1) is 0 Å². The fraction of sp³-hybridized carbons (Fsp3) is 0.923. The van der Waals surface area contributed by atoms with Gasteiger partial charge in [-0.3, -0.25) is 14.6 Å². The van der Waals surface area contributed by atoms with Crippen molar-refractivity contribution in [1.82, 2.24) is 9.80 Å². The minimum atomic E-state index is 0.480. The number of hydrogen-bond acceptors (Lipinski definition) is 3. The maximum Gasteiger partial charge on any atom is 0.133 e. The molecule has 0 aromatic carbocycles. The Labute approximate surface area is 97.8 Å². The van der Waals surface area contributed by atoms with Gasteiger partial charge in [-0.1, -0.05) is 0 Å². The Morgan fingerprint density at radius 2 is 1.19 bits per heavy atom. The lowest BCUT2D eigenvalue weighted by Crippen LogP contribution is -2.51. The van der Waals surface area contributed by atoms with Crippen LogP contribution in [0.1, 0.15) is 38.5 Å². The van der Waals surface area contributed by atoms with Crippen molar-refractivity contribution in [3.8, 4) is 0 Å². The van der Waals surface area contributed by atoms with Crippen LogP contribution in [0.25, 0.3) is 0 Å². The Kier molecular flexibility index (Phi) is 2.99. The normalized spacial score (nSPS) is 30.9. The third-order valence-electron chi connectivity index (χ3n) is 4.44. The van der Waals surface area contributed by atoms with Gasteiger partial charge in [-0.15, -0.1) is 0 Å². The summed E-state index contributed by atoms with van der Waals surface area (Å²) in [5, 5.41) is 0. The standard InChI is InChI=1S/C13H22N2O/c16-13-5-3-12(4-6-13)15-9-7-14(8-10-15)11-1-2-11/h11-12H,1-10H2. The first kappa shape index (κ1) is 10.7. The number of hydrogen-bond donors (Lipinski definition) is 0. The molecule has 0 aromatic heterocycles. The lowest BCUT2D eigenvalue weighted by Gasteiger charge is -2.40. The molecule has 3 fully saturated rings. The minimum absolute atomic E-state index is 0.480. The zero-order valence-corrected chi connectivity index (χ0v) is 10.0. The molecule has 0 bridgehead atoms. The number of rotatable bonds is 2. The lowest BCUT2D eigenvalue weighted by molar-refractivity contribution is -0.121. The summed E-state index contributed by atoms with van der Waals surface area (Å²) in [6.45, 7) is 4.98. The van der Waals surface area contributed by atoms with Crippen molar-refractivity contribution < 1.29 is 4.79 Å². The molecule has 3 aliphatic rings. The van der Waals surface area contributed by atoms with Crippen LogP contribution in [0.4, 0.5) is 0 Å². The van der Waals surface area contributed by atoms with Gasteiger partial charge in [0.05, 0.1) is 0 Å². The van der Waals surface area contributed by atoms with Gasteiger partial charge in [0.25, 0.3) is 0 Å². The minimum Gasteiger partial charge on any atom is -0.300 e. The Morgan fingerprint density at radius 3 is 1.62 bits per heavy atom. The zero-order valence-electron chi connectivity index (χ0n) is 10.0. The zero-order chi connectivity index (χ0) is 11.0. The smallest absolute Gasteiger partial charge is 0.133 e. The second-order valence-electron chi connectivity index (χ2n) is 5.57. The molecular formula is C13H22N2O. The number of carbonyl (C=O) groups excluding carboxylic acids is 1. The topological polar surface area (TPSA) is 23.6 Å². The van der Waals surface area contributed by atoms with Gasteiger partial charge in [0, 0.05) is 51.1 Å². The third-order valence-corrected chi connectivity index (χ3v) is 4.44. The van der Waals surface area contributed by atoms with Crippen molar-refractivity contribution in [2.45, 2.75) is 50.6 Å². The number of carbonyl (C=O) groups is 1. The number of Topliss-reactive ketones (excluding diaryl/α,β-unsaturated/α-hetero) is 1. The Hall–Kier alpha value is -0.410. The van der Waals surface area contributed by atoms with Crippen molar-refractivity contribution in [2.24, 2.45) is 0 Å². The molecule has 0 N–H and O–H groups in total. The first-order valence-corrected chi connectivity index (χ1v) is 6.83. The highest BCUT2D eigenvalue weighted by atomic mass is 16.1. The van der Waals surface area contributed by atoms with Crippen molar-refractivity contribution in [3.05, 3.63) is 0 Å². The van der Waals surface area contributed by atoms with E-state index < -0.39 is 0 Å². The van der Waals surface area contributed by atoms with Gasteiger partial charge in [0.15, 0.2) is 0 Å². The van der Waals surface area contributed by atoms with Crippen LogP contribution in [0.3, 0.4) is 0 Å². The first-order chi connectivity index (χ1) is 7.83. The quantitative estimate of drug-likeness (QED) is 0.703. The number of piperazine rings is 1. The maximum atomic E-state index is 11.2. The van der Waals surface area contributed by atoms with Crippen molar-refractivity contribution in [3.63, 3.8) is 0 Å². The van der Waals surface area contributed by atoms with Crippen molar-refractivity contribution >= 4 is 5.78 Å². The molecule has 0 unspecified atom stereocenters. The average molecular weight is 222 g/mol. The molecule has 1 aliphatic heterocycles. The van der Waals surface area contributed by atoms with E-state index in [2.05, 4.69) is 9.80 Å². The first-order valence-electron chi connectivity index (χ1n) is 6.83. The van der Waals surface area contributed by atoms with Crippen LogP contribution >= 0.6 is 0 Å². The molecule has 0 radical (unpaired) electrons. The summed E-state index contributed by atoms with van der Waals surface area (Å²) in [6, 6.07) is 1.63. The number of ketones is 1. The summed E-state index contributed by atoms with van der Waals surface area (Å²) in [4.78, 5) is 16.5. The molecule has 2 aliphatic carbocycles. The van der Waals surface area contributed by atoms with E-state index in [1.165, 1.54) is 39.0 Å². The summed E-state index contributed by atoms with van der Waals surface area (Å²) in [7, 11) is 0. The molecule has 0 spiro atoms. The van der Waals surface area contributed by atoms with E-state index in [-0.39, 0.29) is 0 Å². The van der Waals surface area contributed by atoms with E-state index >= 15 is 0 Å². The van der Waals surface area contributed by atoms with Crippen LogP contribution in [-0.2, 0) is 4.79 Å². The molecule has 0 aromatic rings. The second kappa shape index (κ2) is 4.46. The van der Waals surface area contributed by atoms with E-state index in [4.69, 9.17) is 0 Å². The Bertz CT molecular complexity index is 257. The van der Waals surface area contributed by atoms with Crippen LogP contribution in [0.5, 0.6) is 0 Å². The van der Waals surface area contributed by atoms with E-state index in [9.17, 15) is 4.79 Å². The molecule has 3 nitrogen and oxygen atoms in total. The van der Waals surface area contributed by atoms with Gasteiger partial charge >= 0.3 is 0 Å². The predicted molar refractivity (Wildman–Crippen MR) is 63.4 cm³/mol. The molecule has 0 atom stereocenters. The maximum absolute atomic E-state index is 11.2. The van der Waals surface area contributed by atoms with E-state index in [0.717, 1.165) is 31.7 Å². The fourth-order valence-corrected chi connectivity index (χ4v) is 3.20. The molecule has 90 valence electrons. The van der Waals surface area contributed by atoms with Crippen LogP contribution < -0.4 is 0 Å². The highest BCUT2D eigenvalue weighted by molar-refractivity contribution is 5.79. The summed E-state index contributed by atoms with van der Waals surface area (Å²) in [6.07, 6.45) is 6.74. The van der Waals surface area contributed by atoms with E-state index in [0.29, 0.717) is 11.8 Å². The third kappa shape index (κ3) is 2.30. The Balaban J connectivity index is 1.47. The number of nitrogens with zero attached hydrogens (tertiary/aromatic N) is 2. The molecule has 16 heavy (non-hydrogen) atoms. The predicted octanol–water partition coefficient (Wildman–Crippen LogP) is 1.28. The molecule has 2 saturated carbocycles. The molecular weight excluding hydrogens is 200 g/mol. The summed E-state index contributed by atoms with van der Waals surface area (Å²) >= 11 is 0. The molecule has 0 amide bonds. The molecule has 1 saturated heterocycles. The van der Waals surface area contributed by atoms with Crippen LogP contribution in [0.2, 0.25) is 0 Å². The van der Waals surface area contributed by atoms with Crippen LogP contribution in [0.15, 0.2) is 0 Å². The highest BCUT2D eigenvalue weighted by Gasteiger charge is 2.33. The summed E-state index contributed by atoms with van der Waals surface area (Å²) in [5.74, 6) is 0.480. The lowest BCUT2D eigenvalue weighted by atomic mass is 9.93. The van der Waals surface area contributed by atoms with Crippen molar-refractivity contribution in [1.29, 1.82) is 0 Å². The van der Waals surface area contributed by atoms with Gasteiger partial charge in [-0.2, -0.15) is 0 Å². The van der Waals surface area contributed by atoms with E-state index in [1.54, 1.807) is 0 Å². The second-order valence-corrected chi connectivity index (χ2v) is 5.57. The van der Waals surface area contributed by atoms with Gasteiger partial charge in [0.1, 0.15) is 5.78 Å². The van der Waals surface area contributed by atoms with Gasteiger partial charge in [0.2, 0.25) is 0 Å². The molecule has 3 heteroatoms. The summed E-state index contributed by atoms with van der Waals surface area (Å²) < 4.78 is 0. The molecule has 1 heterocycles. The SMILES string of the molecule is O=C1CCC(N2CCN(C3CC3)CC2)CC1. The molecule has 3 rings (SSSR count). The monoisotopic (exact) mass is 222 g/mol. The highest BCUT2D eigenvalue weighted by Crippen LogP contribution is 2.29. The fourth-order valence-electron chi connectivity index (χ4n) is 3.20. The van der Waals surface area contributed by atoms with Crippen molar-refractivity contribution in [2.75, 3.05) is 26.2 Å². The van der Waals surface area contributed by atoms with Gasteiger partial charge in [-0.05, 0) is 25.7 Å². The van der Waals surface area contributed by atoms with Gasteiger partial charge in [-0.25, -0.2) is 0 Å².